The molecule has 1 amide bonds. The van der Waals surface area contributed by atoms with Crippen molar-refractivity contribution in [1.29, 1.82) is 0 Å². The van der Waals surface area contributed by atoms with Crippen molar-refractivity contribution in [2.75, 3.05) is 33.8 Å². The summed E-state index contributed by atoms with van der Waals surface area (Å²) in [6.45, 7) is 1.73. The standard InChI is InChI=1S/C13H19FN2O2/c1-16(2)9-8-15-13(17)7-10-18-12-5-3-11(14)4-6-12/h3-6H,7-10H2,1-2H3,(H,15,17). The number of likely N-dealkylation sites (N-methyl/N-ethyl adjacent to an activating group) is 1. The van der Waals surface area contributed by atoms with Gasteiger partial charge in [-0.25, -0.2) is 4.39 Å². The first kappa shape index (κ1) is 14.4. The smallest absolute Gasteiger partial charge is 0.223 e. The Bertz CT molecular complexity index is 366. The molecule has 18 heavy (non-hydrogen) atoms. The molecule has 0 aromatic heterocycles. The Morgan fingerprint density at radius 3 is 2.61 bits per heavy atom. The zero-order valence-electron chi connectivity index (χ0n) is 10.8. The van der Waals surface area contributed by atoms with Crippen LogP contribution in [0, 0.1) is 5.82 Å². The minimum atomic E-state index is -0.302. The Balaban J connectivity index is 2.13. The van der Waals surface area contributed by atoms with Gasteiger partial charge < -0.3 is 15.0 Å². The molecule has 0 saturated carbocycles. The molecule has 0 aliphatic heterocycles. The Labute approximate surface area is 107 Å². The fourth-order valence-corrected chi connectivity index (χ4v) is 1.30. The van der Waals surface area contributed by atoms with Gasteiger partial charge in [0.15, 0.2) is 0 Å². The topological polar surface area (TPSA) is 41.6 Å². The molecule has 1 aromatic rings. The summed E-state index contributed by atoms with van der Waals surface area (Å²) in [6, 6.07) is 5.73. The fourth-order valence-electron chi connectivity index (χ4n) is 1.30. The van der Waals surface area contributed by atoms with E-state index < -0.39 is 0 Å². The van der Waals surface area contributed by atoms with Crippen molar-refractivity contribution in [1.82, 2.24) is 10.2 Å². The van der Waals surface area contributed by atoms with E-state index in [1.165, 1.54) is 12.1 Å². The average molecular weight is 254 g/mol. The number of hydrogen-bond acceptors (Lipinski definition) is 3. The van der Waals surface area contributed by atoms with Crippen LogP contribution in [-0.2, 0) is 4.79 Å². The average Bonchev–Trinajstić information content (AvgIpc) is 2.31. The first-order chi connectivity index (χ1) is 8.58. The summed E-state index contributed by atoms with van der Waals surface area (Å²) in [4.78, 5) is 13.4. The van der Waals surface area contributed by atoms with Gasteiger partial charge in [-0.3, -0.25) is 4.79 Å². The quantitative estimate of drug-likeness (QED) is 0.797. The number of benzene rings is 1. The third kappa shape index (κ3) is 6.20. The lowest BCUT2D eigenvalue weighted by molar-refractivity contribution is -0.121. The van der Waals surface area contributed by atoms with E-state index in [2.05, 4.69) is 5.32 Å². The summed E-state index contributed by atoms with van der Waals surface area (Å²) in [5, 5.41) is 2.79. The zero-order valence-corrected chi connectivity index (χ0v) is 10.8. The molecule has 1 N–H and O–H groups in total. The van der Waals surface area contributed by atoms with E-state index in [9.17, 15) is 9.18 Å². The second-order valence-corrected chi connectivity index (χ2v) is 4.21. The summed E-state index contributed by atoms with van der Waals surface area (Å²) in [7, 11) is 3.90. The molecular formula is C13H19FN2O2. The van der Waals surface area contributed by atoms with Gasteiger partial charge in [0.25, 0.3) is 0 Å². The van der Waals surface area contributed by atoms with Gasteiger partial charge >= 0.3 is 0 Å². The number of nitrogens with one attached hydrogen (secondary N) is 1. The molecule has 0 aliphatic rings. The summed E-state index contributed by atoms with van der Waals surface area (Å²) in [6.07, 6.45) is 0.296. The number of hydrogen-bond donors (Lipinski definition) is 1. The second-order valence-electron chi connectivity index (χ2n) is 4.21. The third-order valence-electron chi connectivity index (χ3n) is 2.29. The monoisotopic (exact) mass is 254 g/mol. The van der Waals surface area contributed by atoms with Crippen LogP contribution >= 0.6 is 0 Å². The highest BCUT2D eigenvalue weighted by Gasteiger charge is 2.02. The second kappa shape index (κ2) is 7.66. The Morgan fingerprint density at radius 2 is 2.00 bits per heavy atom. The van der Waals surface area contributed by atoms with Crippen molar-refractivity contribution < 1.29 is 13.9 Å². The van der Waals surface area contributed by atoms with Gasteiger partial charge in [0.2, 0.25) is 5.91 Å². The Kier molecular flexibility index (Phi) is 6.14. The van der Waals surface area contributed by atoms with Gasteiger partial charge in [-0.1, -0.05) is 0 Å². The maximum Gasteiger partial charge on any atom is 0.223 e. The van der Waals surface area contributed by atoms with Crippen molar-refractivity contribution >= 4 is 5.91 Å². The van der Waals surface area contributed by atoms with Crippen molar-refractivity contribution in [3.63, 3.8) is 0 Å². The van der Waals surface area contributed by atoms with Gasteiger partial charge in [-0.05, 0) is 38.4 Å². The Morgan fingerprint density at radius 1 is 1.33 bits per heavy atom. The van der Waals surface area contributed by atoms with Crippen molar-refractivity contribution in [2.45, 2.75) is 6.42 Å². The van der Waals surface area contributed by atoms with Crippen LogP contribution in [0.5, 0.6) is 5.75 Å². The summed E-state index contributed by atoms with van der Waals surface area (Å²) >= 11 is 0. The van der Waals surface area contributed by atoms with E-state index in [1.807, 2.05) is 19.0 Å². The van der Waals surface area contributed by atoms with Gasteiger partial charge in [-0.2, -0.15) is 0 Å². The van der Waals surface area contributed by atoms with E-state index in [0.717, 1.165) is 6.54 Å². The number of amides is 1. The Hall–Kier alpha value is -1.62. The van der Waals surface area contributed by atoms with Gasteiger partial charge in [0.05, 0.1) is 13.0 Å². The van der Waals surface area contributed by atoms with E-state index in [4.69, 9.17) is 4.74 Å². The lowest BCUT2D eigenvalue weighted by Crippen LogP contribution is -2.32. The first-order valence-electron chi connectivity index (χ1n) is 5.88. The van der Waals surface area contributed by atoms with E-state index in [0.29, 0.717) is 25.3 Å². The molecule has 0 fully saturated rings. The van der Waals surface area contributed by atoms with Gasteiger partial charge in [0, 0.05) is 13.1 Å². The molecule has 0 unspecified atom stereocenters. The molecule has 0 aliphatic carbocycles. The lowest BCUT2D eigenvalue weighted by Gasteiger charge is -2.10. The molecule has 5 heteroatoms. The highest BCUT2D eigenvalue weighted by molar-refractivity contribution is 5.75. The number of carbonyl (C=O) groups is 1. The zero-order chi connectivity index (χ0) is 13.4. The molecule has 0 radical (unpaired) electrons. The number of carbonyl (C=O) groups excluding carboxylic acids is 1. The van der Waals surface area contributed by atoms with Gasteiger partial charge in [0.1, 0.15) is 11.6 Å². The van der Waals surface area contributed by atoms with Crippen LogP contribution in [0.3, 0.4) is 0 Å². The maximum absolute atomic E-state index is 12.6. The number of ether oxygens (including phenoxy) is 1. The molecule has 0 spiro atoms. The SMILES string of the molecule is CN(C)CCNC(=O)CCOc1ccc(F)cc1. The molecule has 1 aromatic carbocycles. The number of rotatable bonds is 7. The summed E-state index contributed by atoms with van der Waals surface area (Å²) in [5.74, 6) is 0.222. The summed E-state index contributed by atoms with van der Waals surface area (Å²) < 4.78 is 17.9. The van der Waals surface area contributed by atoms with Crippen LogP contribution in [0.4, 0.5) is 4.39 Å². The molecule has 100 valence electrons. The van der Waals surface area contributed by atoms with E-state index >= 15 is 0 Å². The molecule has 0 atom stereocenters. The van der Waals surface area contributed by atoms with Crippen LogP contribution in [0.15, 0.2) is 24.3 Å². The first-order valence-corrected chi connectivity index (χ1v) is 5.88. The largest absolute Gasteiger partial charge is 0.493 e. The highest BCUT2D eigenvalue weighted by atomic mass is 19.1. The number of nitrogens with zero attached hydrogens (tertiary/aromatic N) is 1. The van der Waals surface area contributed by atoms with Crippen LogP contribution in [0.1, 0.15) is 6.42 Å². The predicted molar refractivity (Wildman–Crippen MR) is 68.1 cm³/mol. The maximum atomic E-state index is 12.6. The third-order valence-corrected chi connectivity index (χ3v) is 2.29. The molecule has 0 heterocycles. The molecule has 0 bridgehead atoms. The molecule has 1 rings (SSSR count). The van der Waals surface area contributed by atoms with Crippen molar-refractivity contribution in [3.8, 4) is 5.75 Å². The molecular weight excluding hydrogens is 235 g/mol. The van der Waals surface area contributed by atoms with Crippen molar-refractivity contribution in [3.05, 3.63) is 30.1 Å². The highest BCUT2D eigenvalue weighted by Crippen LogP contribution is 2.10. The van der Waals surface area contributed by atoms with Crippen LogP contribution in [0.2, 0.25) is 0 Å². The normalized spacial score (nSPS) is 10.4. The van der Waals surface area contributed by atoms with E-state index in [-0.39, 0.29) is 11.7 Å². The van der Waals surface area contributed by atoms with Gasteiger partial charge in [-0.15, -0.1) is 0 Å². The summed E-state index contributed by atoms with van der Waals surface area (Å²) in [5.41, 5.74) is 0. The van der Waals surface area contributed by atoms with Crippen molar-refractivity contribution in [2.24, 2.45) is 0 Å². The minimum Gasteiger partial charge on any atom is -0.493 e. The molecule has 4 nitrogen and oxygen atoms in total. The minimum absolute atomic E-state index is 0.0426. The lowest BCUT2D eigenvalue weighted by atomic mass is 10.3. The molecule has 0 saturated heterocycles. The van der Waals surface area contributed by atoms with E-state index in [1.54, 1.807) is 12.1 Å². The fraction of sp³-hybridized carbons (Fsp3) is 0.462. The van der Waals surface area contributed by atoms with Crippen LogP contribution in [-0.4, -0.2) is 44.6 Å². The predicted octanol–water partition coefficient (Wildman–Crippen LogP) is 1.27. The van der Waals surface area contributed by atoms with Crippen LogP contribution < -0.4 is 10.1 Å². The number of halogens is 1. The van der Waals surface area contributed by atoms with Crippen LogP contribution in [0.25, 0.3) is 0 Å².